The van der Waals surface area contributed by atoms with Crippen molar-refractivity contribution in [1.82, 2.24) is 4.90 Å². The summed E-state index contributed by atoms with van der Waals surface area (Å²) < 4.78 is 12.8. The Balaban J connectivity index is 2.16. The number of hydrogen-bond acceptors (Lipinski definition) is 2. The van der Waals surface area contributed by atoms with E-state index in [9.17, 15) is 14.3 Å². The molecule has 0 heterocycles. The molecule has 0 saturated carbocycles. The van der Waals surface area contributed by atoms with Gasteiger partial charge in [0, 0.05) is 18.6 Å². The number of phenolic OH excluding ortho intramolecular Hbond substituents is 1. The molecule has 0 unspecified atom stereocenters. The first-order valence-corrected chi connectivity index (χ1v) is 6.33. The number of nitrogens with zero attached hydrogens (tertiary/aromatic N) is 1. The number of carbonyl (C=O) groups is 1. The van der Waals surface area contributed by atoms with Gasteiger partial charge in [0.2, 0.25) is 0 Å². The molecule has 3 nitrogen and oxygen atoms in total. The molecular formula is C15H13ClFNO2. The molecule has 1 amide bonds. The van der Waals surface area contributed by atoms with E-state index < -0.39 is 0 Å². The quantitative estimate of drug-likeness (QED) is 0.941. The lowest BCUT2D eigenvalue weighted by molar-refractivity contribution is 0.0782. The van der Waals surface area contributed by atoms with Gasteiger partial charge in [-0.1, -0.05) is 23.7 Å². The fourth-order valence-electron chi connectivity index (χ4n) is 1.82. The van der Waals surface area contributed by atoms with Crippen LogP contribution in [0, 0.1) is 5.82 Å². The van der Waals surface area contributed by atoms with Crippen LogP contribution in [0.5, 0.6) is 5.75 Å². The molecule has 0 aliphatic carbocycles. The zero-order valence-electron chi connectivity index (χ0n) is 10.8. The smallest absolute Gasteiger partial charge is 0.257 e. The van der Waals surface area contributed by atoms with Gasteiger partial charge in [0.25, 0.3) is 5.91 Å². The third kappa shape index (κ3) is 3.27. The Bertz CT molecular complexity index is 628. The molecule has 0 atom stereocenters. The van der Waals surface area contributed by atoms with Gasteiger partial charge in [0.1, 0.15) is 11.6 Å². The maximum Gasteiger partial charge on any atom is 0.257 e. The van der Waals surface area contributed by atoms with Crippen molar-refractivity contribution in [1.29, 1.82) is 0 Å². The summed E-state index contributed by atoms with van der Waals surface area (Å²) in [4.78, 5) is 13.7. The van der Waals surface area contributed by atoms with Gasteiger partial charge >= 0.3 is 0 Å². The average molecular weight is 294 g/mol. The molecule has 104 valence electrons. The summed E-state index contributed by atoms with van der Waals surface area (Å²) in [7, 11) is 1.60. The number of rotatable bonds is 3. The highest BCUT2D eigenvalue weighted by molar-refractivity contribution is 6.31. The summed E-state index contributed by atoms with van der Waals surface area (Å²) in [5, 5.41) is 10.1. The van der Waals surface area contributed by atoms with E-state index in [0.717, 1.165) is 5.56 Å². The Morgan fingerprint density at radius 2 is 1.90 bits per heavy atom. The topological polar surface area (TPSA) is 40.5 Å². The lowest BCUT2D eigenvalue weighted by Crippen LogP contribution is -2.26. The third-order valence-electron chi connectivity index (χ3n) is 2.87. The van der Waals surface area contributed by atoms with E-state index >= 15 is 0 Å². The molecular weight excluding hydrogens is 281 g/mol. The highest BCUT2D eigenvalue weighted by Crippen LogP contribution is 2.23. The largest absolute Gasteiger partial charge is 0.507 e. The zero-order valence-corrected chi connectivity index (χ0v) is 11.6. The van der Waals surface area contributed by atoms with Crippen LogP contribution in [0.4, 0.5) is 4.39 Å². The van der Waals surface area contributed by atoms with Gasteiger partial charge in [-0.2, -0.15) is 0 Å². The van der Waals surface area contributed by atoms with E-state index in [1.165, 1.54) is 35.2 Å². The lowest BCUT2D eigenvalue weighted by atomic mass is 10.1. The molecule has 1 N–H and O–H groups in total. The summed E-state index contributed by atoms with van der Waals surface area (Å²) in [5.74, 6) is -0.796. The van der Waals surface area contributed by atoms with E-state index in [2.05, 4.69) is 0 Å². The van der Waals surface area contributed by atoms with E-state index in [4.69, 9.17) is 11.6 Å². The second-order valence-corrected chi connectivity index (χ2v) is 4.89. The van der Waals surface area contributed by atoms with E-state index in [0.29, 0.717) is 11.6 Å². The molecule has 20 heavy (non-hydrogen) atoms. The van der Waals surface area contributed by atoms with E-state index in [1.807, 2.05) is 0 Å². The molecule has 0 saturated heterocycles. The van der Waals surface area contributed by atoms with Crippen molar-refractivity contribution >= 4 is 17.5 Å². The van der Waals surface area contributed by atoms with Crippen LogP contribution < -0.4 is 0 Å². The summed E-state index contributed by atoms with van der Waals surface area (Å²) in [6.45, 7) is 0.311. The zero-order chi connectivity index (χ0) is 14.7. The van der Waals surface area contributed by atoms with Crippen molar-refractivity contribution in [3.63, 3.8) is 0 Å². The van der Waals surface area contributed by atoms with Gasteiger partial charge in [-0.15, -0.1) is 0 Å². The maximum atomic E-state index is 12.8. The van der Waals surface area contributed by atoms with E-state index in [-0.39, 0.29) is 23.0 Å². The number of aromatic hydroxyl groups is 1. The van der Waals surface area contributed by atoms with Crippen LogP contribution in [-0.4, -0.2) is 23.0 Å². The Kier molecular flexibility index (Phi) is 4.25. The minimum absolute atomic E-state index is 0.120. The summed E-state index contributed by atoms with van der Waals surface area (Å²) >= 11 is 5.82. The lowest BCUT2D eigenvalue weighted by Gasteiger charge is -2.18. The minimum atomic E-state index is -0.352. The monoisotopic (exact) mass is 293 g/mol. The fourth-order valence-corrected chi connectivity index (χ4v) is 1.99. The molecule has 0 bridgehead atoms. The van der Waals surface area contributed by atoms with Gasteiger partial charge in [-0.05, 0) is 35.9 Å². The molecule has 0 spiro atoms. The third-order valence-corrected chi connectivity index (χ3v) is 3.10. The predicted octanol–water partition coefficient (Wildman–Crippen LogP) is 3.46. The number of halogens is 2. The molecule has 0 aliphatic heterocycles. The molecule has 2 aromatic rings. The molecule has 0 aromatic heterocycles. The first-order valence-electron chi connectivity index (χ1n) is 5.96. The van der Waals surface area contributed by atoms with Crippen LogP contribution in [0.3, 0.4) is 0 Å². The first-order chi connectivity index (χ1) is 9.47. The molecule has 2 rings (SSSR count). The van der Waals surface area contributed by atoms with Crippen molar-refractivity contribution in [2.75, 3.05) is 7.05 Å². The highest BCUT2D eigenvalue weighted by Gasteiger charge is 2.16. The van der Waals surface area contributed by atoms with E-state index in [1.54, 1.807) is 19.2 Å². The van der Waals surface area contributed by atoms with Gasteiger partial charge in [0.05, 0.1) is 5.56 Å². The number of amides is 1. The van der Waals surface area contributed by atoms with Gasteiger partial charge in [-0.3, -0.25) is 4.79 Å². The Labute approximate surface area is 121 Å². The number of carbonyl (C=O) groups excluding carboxylic acids is 1. The van der Waals surface area contributed by atoms with Crippen LogP contribution in [0.1, 0.15) is 15.9 Å². The van der Waals surface area contributed by atoms with Crippen molar-refractivity contribution in [3.05, 3.63) is 64.4 Å². The summed E-state index contributed by atoms with van der Waals surface area (Å²) in [6, 6.07) is 10.2. The van der Waals surface area contributed by atoms with Crippen LogP contribution in [-0.2, 0) is 6.54 Å². The molecule has 0 aliphatic rings. The standard InChI is InChI=1S/C15H13ClFNO2/c1-18(9-10-2-5-12(17)6-3-10)15(20)13-8-11(16)4-7-14(13)19/h2-8,19H,9H2,1H3. The second kappa shape index (κ2) is 5.92. The molecule has 5 heteroatoms. The predicted molar refractivity (Wildman–Crippen MR) is 75.3 cm³/mol. The number of phenols is 1. The van der Waals surface area contributed by atoms with Crippen LogP contribution in [0.15, 0.2) is 42.5 Å². The van der Waals surface area contributed by atoms with Gasteiger partial charge in [-0.25, -0.2) is 4.39 Å². The van der Waals surface area contributed by atoms with Crippen molar-refractivity contribution in [3.8, 4) is 5.75 Å². The first kappa shape index (κ1) is 14.3. The number of hydrogen-bond donors (Lipinski definition) is 1. The molecule has 0 fully saturated rings. The Morgan fingerprint density at radius 1 is 1.25 bits per heavy atom. The van der Waals surface area contributed by atoms with Gasteiger partial charge in [0.15, 0.2) is 0 Å². The maximum absolute atomic E-state index is 12.8. The van der Waals surface area contributed by atoms with Crippen LogP contribution in [0.25, 0.3) is 0 Å². The fraction of sp³-hybridized carbons (Fsp3) is 0.133. The minimum Gasteiger partial charge on any atom is -0.507 e. The summed E-state index contributed by atoms with van der Waals surface area (Å²) in [6.07, 6.45) is 0. The molecule has 0 radical (unpaired) electrons. The van der Waals surface area contributed by atoms with Crippen LogP contribution >= 0.6 is 11.6 Å². The van der Waals surface area contributed by atoms with Crippen molar-refractivity contribution in [2.24, 2.45) is 0 Å². The average Bonchev–Trinajstić information content (AvgIpc) is 2.43. The molecule has 2 aromatic carbocycles. The van der Waals surface area contributed by atoms with Gasteiger partial charge < -0.3 is 10.0 Å². The van der Waals surface area contributed by atoms with Crippen molar-refractivity contribution < 1.29 is 14.3 Å². The SMILES string of the molecule is CN(Cc1ccc(F)cc1)C(=O)c1cc(Cl)ccc1O. The summed E-state index contributed by atoms with van der Waals surface area (Å²) in [5.41, 5.74) is 0.936. The highest BCUT2D eigenvalue weighted by atomic mass is 35.5. The van der Waals surface area contributed by atoms with Crippen LogP contribution in [0.2, 0.25) is 5.02 Å². The Hall–Kier alpha value is -2.07. The normalized spacial score (nSPS) is 10.3. The second-order valence-electron chi connectivity index (χ2n) is 4.45. The van der Waals surface area contributed by atoms with Crippen molar-refractivity contribution in [2.45, 2.75) is 6.54 Å². The number of benzene rings is 2. The Morgan fingerprint density at radius 3 is 2.55 bits per heavy atom.